The zero-order valence-corrected chi connectivity index (χ0v) is 13.6. The van der Waals surface area contributed by atoms with Crippen LogP contribution in [0.25, 0.3) is 0 Å². The van der Waals surface area contributed by atoms with Gasteiger partial charge in [0.05, 0.1) is 11.1 Å². The molecule has 1 N–H and O–H groups in total. The second-order valence-electron chi connectivity index (χ2n) is 6.95. The standard InChI is InChI=1S/C17H22N2O3/c1-10(2)13(14(20)18-17(3,4)5)19-15(21)11-8-6-7-9-12(11)16(19)22/h6-10,13H,1-5H3,(H,18,20)/t13-/m1/s1. The fourth-order valence-corrected chi connectivity index (χ4v) is 2.62. The van der Waals surface area contributed by atoms with E-state index in [9.17, 15) is 14.4 Å². The number of fused-ring (bicyclic) bond motifs is 1. The summed E-state index contributed by atoms with van der Waals surface area (Å²) in [7, 11) is 0. The van der Waals surface area contributed by atoms with Crippen LogP contribution in [0.1, 0.15) is 55.3 Å². The van der Waals surface area contributed by atoms with Gasteiger partial charge in [-0.2, -0.15) is 0 Å². The topological polar surface area (TPSA) is 66.5 Å². The molecule has 0 unspecified atom stereocenters. The van der Waals surface area contributed by atoms with Crippen molar-refractivity contribution in [3.63, 3.8) is 0 Å². The van der Waals surface area contributed by atoms with E-state index in [0.717, 1.165) is 4.90 Å². The SMILES string of the molecule is CC(C)[C@H](C(=O)NC(C)(C)C)N1C(=O)c2ccccc2C1=O. The average Bonchev–Trinajstić information content (AvgIpc) is 2.62. The van der Waals surface area contributed by atoms with Gasteiger partial charge in [-0.25, -0.2) is 0 Å². The molecule has 22 heavy (non-hydrogen) atoms. The van der Waals surface area contributed by atoms with E-state index in [1.54, 1.807) is 24.3 Å². The molecule has 1 aliphatic rings. The maximum atomic E-state index is 12.6. The van der Waals surface area contributed by atoms with E-state index in [-0.39, 0.29) is 11.8 Å². The normalized spacial score (nSPS) is 16.0. The molecule has 2 rings (SSSR count). The molecule has 0 fully saturated rings. The number of benzene rings is 1. The van der Waals surface area contributed by atoms with Crippen LogP contribution in [-0.2, 0) is 4.79 Å². The summed E-state index contributed by atoms with van der Waals surface area (Å²) in [4.78, 5) is 38.8. The summed E-state index contributed by atoms with van der Waals surface area (Å²) >= 11 is 0. The number of rotatable bonds is 3. The Morgan fingerprint density at radius 2 is 1.50 bits per heavy atom. The highest BCUT2D eigenvalue weighted by Crippen LogP contribution is 2.27. The van der Waals surface area contributed by atoms with Gasteiger partial charge < -0.3 is 5.32 Å². The van der Waals surface area contributed by atoms with Crippen LogP contribution >= 0.6 is 0 Å². The van der Waals surface area contributed by atoms with Gasteiger partial charge in [0, 0.05) is 5.54 Å². The van der Waals surface area contributed by atoms with Gasteiger partial charge in [-0.3, -0.25) is 19.3 Å². The van der Waals surface area contributed by atoms with Gasteiger partial charge in [0.15, 0.2) is 0 Å². The van der Waals surface area contributed by atoms with E-state index in [2.05, 4.69) is 5.32 Å². The largest absolute Gasteiger partial charge is 0.350 e. The van der Waals surface area contributed by atoms with Gasteiger partial charge in [-0.15, -0.1) is 0 Å². The van der Waals surface area contributed by atoms with Crippen LogP contribution < -0.4 is 5.32 Å². The molecule has 0 bridgehead atoms. The molecule has 3 amide bonds. The minimum atomic E-state index is -0.813. The van der Waals surface area contributed by atoms with E-state index in [1.807, 2.05) is 34.6 Å². The zero-order chi connectivity index (χ0) is 16.7. The zero-order valence-electron chi connectivity index (χ0n) is 13.6. The van der Waals surface area contributed by atoms with Crippen molar-refractivity contribution in [2.24, 2.45) is 5.92 Å². The highest BCUT2D eigenvalue weighted by atomic mass is 16.2. The predicted molar refractivity (Wildman–Crippen MR) is 83.5 cm³/mol. The Morgan fingerprint density at radius 1 is 1.05 bits per heavy atom. The molecule has 5 nitrogen and oxygen atoms in total. The van der Waals surface area contributed by atoms with Crippen molar-refractivity contribution in [3.8, 4) is 0 Å². The van der Waals surface area contributed by atoms with Crippen molar-refractivity contribution in [1.29, 1.82) is 0 Å². The summed E-state index contributed by atoms with van der Waals surface area (Å²) in [5, 5.41) is 2.86. The van der Waals surface area contributed by atoms with Crippen LogP contribution in [0.5, 0.6) is 0 Å². The lowest BCUT2D eigenvalue weighted by Gasteiger charge is -2.31. The maximum Gasteiger partial charge on any atom is 0.262 e. The Morgan fingerprint density at radius 3 is 1.86 bits per heavy atom. The lowest BCUT2D eigenvalue weighted by molar-refractivity contribution is -0.127. The number of hydrogen-bond acceptors (Lipinski definition) is 3. The summed E-state index contributed by atoms with van der Waals surface area (Å²) in [6, 6.07) is 5.86. The van der Waals surface area contributed by atoms with E-state index in [4.69, 9.17) is 0 Å². The first-order chi connectivity index (χ1) is 10.1. The molecule has 0 radical (unpaired) electrons. The molecule has 0 saturated heterocycles. The minimum Gasteiger partial charge on any atom is -0.350 e. The Labute approximate surface area is 130 Å². The number of carbonyl (C=O) groups is 3. The number of carbonyl (C=O) groups excluding carboxylic acids is 3. The van der Waals surface area contributed by atoms with Gasteiger partial charge in [0.2, 0.25) is 5.91 Å². The van der Waals surface area contributed by atoms with E-state index in [0.29, 0.717) is 11.1 Å². The molecule has 1 aromatic carbocycles. The summed E-state index contributed by atoms with van der Waals surface area (Å²) in [6.45, 7) is 9.26. The number of nitrogens with zero attached hydrogens (tertiary/aromatic N) is 1. The molecule has 0 saturated carbocycles. The second-order valence-corrected chi connectivity index (χ2v) is 6.95. The van der Waals surface area contributed by atoms with Crippen molar-refractivity contribution in [1.82, 2.24) is 10.2 Å². The molecule has 0 aromatic heterocycles. The fraction of sp³-hybridized carbons (Fsp3) is 0.471. The average molecular weight is 302 g/mol. The van der Waals surface area contributed by atoms with Gasteiger partial charge in [-0.05, 0) is 38.8 Å². The van der Waals surface area contributed by atoms with Crippen LogP contribution in [0.2, 0.25) is 0 Å². The third kappa shape index (κ3) is 2.89. The molecule has 1 aliphatic heterocycles. The van der Waals surface area contributed by atoms with Crippen LogP contribution in [-0.4, -0.2) is 34.2 Å². The number of hydrogen-bond donors (Lipinski definition) is 1. The first-order valence-corrected chi connectivity index (χ1v) is 7.42. The lowest BCUT2D eigenvalue weighted by atomic mass is 9.99. The van der Waals surface area contributed by atoms with E-state index in [1.165, 1.54) is 0 Å². The number of imide groups is 1. The second kappa shape index (κ2) is 5.55. The highest BCUT2D eigenvalue weighted by molar-refractivity contribution is 6.22. The quantitative estimate of drug-likeness (QED) is 0.871. The van der Waals surface area contributed by atoms with Crippen molar-refractivity contribution in [3.05, 3.63) is 35.4 Å². The third-order valence-electron chi connectivity index (χ3n) is 3.50. The first-order valence-electron chi connectivity index (χ1n) is 7.42. The Bertz CT molecular complexity index is 594. The molecule has 0 spiro atoms. The van der Waals surface area contributed by atoms with Gasteiger partial charge >= 0.3 is 0 Å². The number of nitrogens with one attached hydrogen (secondary N) is 1. The Balaban J connectivity index is 2.38. The van der Waals surface area contributed by atoms with Gasteiger partial charge in [0.1, 0.15) is 6.04 Å². The summed E-state index contributed by atoms with van der Waals surface area (Å²) in [5.74, 6) is -1.28. The molecule has 118 valence electrons. The van der Waals surface area contributed by atoms with Crippen molar-refractivity contribution in [2.45, 2.75) is 46.2 Å². The van der Waals surface area contributed by atoms with Crippen LogP contribution in [0.3, 0.4) is 0 Å². The summed E-state index contributed by atoms with van der Waals surface area (Å²) in [6.07, 6.45) is 0. The molecule has 1 heterocycles. The van der Waals surface area contributed by atoms with Crippen molar-refractivity contribution >= 4 is 17.7 Å². The monoisotopic (exact) mass is 302 g/mol. The van der Waals surface area contributed by atoms with E-state index < -0.39 is 23.4 Å². The maximum absolute atomic E-state index is 12.6. The van der Waals surface area contributed by atoms with Gasteiger partial charge in [-0.1, -0.05) is 26.0 Å². The number of amides is 3. The molecule has 1 aromatic rings. The molecule has 1 atom stereocenters. The van der Waals surface area contributed by atoms with Crippen LogP contribution in [0.15, 0.2) is 24.3 Å². The molecule has 5 heteroatoms. The third-order valence-corrected chi connectivity index (χ3v) is 3.50. The first kappa shape index (κ1) is 16.2. The molecule has 0 aliphatic carbocycles. The predicted octanol–water partition coefficient (Wildman–Crippen LogP) is 2.22. The van der Waals surface area contributed by atoms with Crippen LogP contribution in [0.4, 0.5) is 0 Å². The highest BCUT2D eigenvalue weighted by Gasteiger charge is 2.44. The van der Waals surface area contributed by atoms with Crippen molar-refractivity contribution < 1.29 is 14.4 Å². The summed E-state index contributed by atoms with van der Waals surface area (Å²) < 4.78 is 0. The Kier molecular flexibility index (Phi) is 4.09. The molecular weight excluding hydrogens is 280 g/mol. The van der Waals surface area contributed by atoms with E-state index >= 15 is 0 Å². The molecular formula is C17H22N2O3. The van der Waals surface area contributed by atoms with Gasteiger partial charge in [0.25, 0.3) is 11.8 Å². The smallest absolute Gasteiger partial charge is 0.262 e. The van der Waals surface area contributed by atoms with Crippen molar-refractivity contribution in [2.75, 3.05) is 0 Å². The Hall–Kier alpha value is -2.17. The van der Waals surface area contributed by atoms with Crippen LogP contribution in [0, 0.1) is 5.92 Å². The summed E-state index contributed by atoms with van der Waals surface area (Å²) in [5.41, 5.74) is 0.298. The lowest BCUT2D eigenvalue weighted by Crippen LogP contribution is -2.55. The fourth-order valence-electron chi connectivity index (χ4n) is 2.62. The minimum absolute atomic E-state index is 0.176.